The molecule has 2 aromatic rings. The Morgan fingerprint density at radius 3 is 2.68 bits per heavy atom. The van der Waals surface area contributed by atoms with Gasteiger partial charge >= 0.3 is 0 Å². The zero-order valence-electron chi connectivity index (χ0n) is 15.5. The van der Waals surface area contributed by atoms with Crippen LogP contribution in [0.25, 0.3) is 0 Å². The Morgan fingerprint density at radius 2 is 2.11 bits per heavy atom. The summed E-state index contributed by atoms with van der Waals surface area (Å²) in [6.07, 6.45) is 2.14. The number of rotatable bonds is 9. The van der Waals surface area contributed by atoms with E-state index in [-0.39, 0.29) is 22.3 Å². The maximum atomic E-state index is 13.5. The fourth-order valence-corrected chi connectivity index (χ4v) is 5.44. The van der Waals surface area contributed by atoms with E-state index in [9.17, 15) is 17.6 Å². The minimum absolute atomic E-state index is 0.104. The summed E-state index contributed by atoms with van der Waals surface area (Å²) in [4.78, 5) is 12.8. The predicted molar refractivity (Wildman–Crippen MR) is 112 cm³/mol. The molecule has 7 nitrogen and oxygen atoms in total. The van der Waals surface area contributed by atoms with Crippen molar-refractivity contribution >= 4 is 61.4 Å². The third kappa shape index (κ3) is 5.79. The predicted octanol–water partition coefficient (Wildman–Crippen LogP) is 4.02. The van der Waals surface area contributed by atoms with E-state index >= 15 is 0 Å². The molecule has 0 aliphatic heterocycles. The highest BCUT2D eigenvalue weighted by atomic mass is 35.5. The van der Waals surface area contributed by atoms with Crippen molar-refractivity contribution in [3.63, 3.8) is 0 Å². The van der Waals surface area contributed by atoms with Gasteiger partial charge in [-0.15, -0.1) is 10.2 Å². The van der Waals surface area contributed by atoms with Crippen LogP contribution in [0.2, 0.25) is 5.02 Å². The standard InChI is InChI=1S/C16H20ClFN4O3S3/c1-4-8-26-16-21-20-15(27-16)19-14(23)13(5-2)22(28(3,24)25)10-6-7-12(18)11(17)9-10/h6-7,9,13H,4-5,8H2,1-3H3,(H,19,20,23)/t13-/m0/s1. The van der Waals surface area contributed by atoms with Gasteiger partial charge in [0, 0.05) is 5.75 Å². The number of carbonyl (C=O) groups excluding carboxylic acids is 1. The van der Waals surface area contributed by atoms with E-state index in [1.165, 1.54) is 35.2 Å². The average molecular weight is 467 g/mol. The van der Waals surface area contributed by atoms with E-state index in [4.69, 9.17) is 11.6 Å². The minimum Gasteiger partial charge on any atom is -0.299 e. The van der Waals surface area contributed by atoms with Gasteiger partial charge in [-0.25, -0.2) is 12.8 Å². The summed E-state index contributed by atoms with van der Waals surface area (Å²) in [6.45, 7) is 3.72. The van der Waals surface area contributed by atoms with Crippen molar-refractivity contribution in [1.82, 2.24) is 10.2 Å². The van der Waals surface area contributed by atoms with Crippen LogP contribution in [0.15, 0.2) is 22.5 Å². The highest BCUT2D eigenvalue weighted by Gasteiger charge is 2.32. The van der Waals surface area contributed by atoms with Crippen molar-refractivity contribution in [1.29, 1.82) is 0 Å². The molecule has 1 aromatic heterocycles. The number of anilines is 2. The van der Waals surface area contributed by atoms with E-state index in [1.54, 1.807) is 6.92 Å². The van der Waals surface area contributed by atoms with Crippen LogP contribution in [0, 0.1) is 5.82 Å². The Kier molecular flexibility index (Phi) is 8.05. The zero-order valence-corrected chi connectivity index (χ0v) is 18.7. The van der Waals surface area contributed by atoms with Crippen molar-refractivity contribution in [2.24, 2.45) is 0 Å². The number of benzene rings is 1. The van der Waals surface area contributed by atoms with Gasteiger partial charge in [-0.3, -0.25) is 14.4 Å². The van der Waals surface area contributed by atoms with Gasteiger partial charge in [-0.05, 0) is 31.0 Å². The maximum absolute atomic E-state index is 13.5. The number of halogens is 2. The lowest BCUT2D eigenvalue weighted by atomic mass is 10.2. The number of thioether (sulfide) groups is 1. The molecule has 0 aliphatic carbocycles. The lowest BCUT2D eigenvalue weighted by molar-refractivity contribution is -0.117. The maximum Gasteiger partial charge on any atom is 0.250 e. The van der Waals surface area contributed by atoms with Crippen molar-refractivity contribution in [3.05, 3.63) is 29.0 Å². The third-order valence-electron chi connectivity index (χ3n) is 3.55. The van der Waals surface area contributed by atoms with Gasteiger partial charge in [0.25, 0.3) is 0 Å². The Morgan fingerprint density at radius 1 is 1.39 bits per heavy atom. The Hall–Kier alpha value is -1.43. The third-order valence-corrected chi connectivity index (χ3v) is 7.20. The molecule has 0 bridgehead atoms. The number of nitrogens with zero attached hydrogens (tertiary/aromatic N) is 3. The first kappa shape index (κ1) is 22.9. The molecule has 0 saturated carbocycles. The highest BCUT2D eigenvalue weighted by molar-refractivity contribution is 8.01. The number of hydrogen-bond donors (Lipinski definition) is 1. The summed E-state index contributed by atoms with van der Waals surface area (Å²) in [6, 6.07) is 2.44. The van der Waals surface area contributed by atoms with Crippen LogP contribution in [0.3, 0.4) is 0 Å². The number of sulfonamides is 1. The second kappa shape index (κ2) is 9.86. The average Bonchev–Trinajstić information content (AvgIpc) is 3.06. The summed E-state index contributed by atoms with van der Waals surface area (Å²) in [5, 5.41) is 10.6. The molecule has 12 heteroatoms. The normalized spacial score (nSPS) is 12.6. The van der Waals surface area contributed by atoms with E-state index < -0.39 is 27.8 Å². The van der Waals surface area contributed by atoms with Gasteiger partial charge in [0.2, 0.25) is 21.1 Å². The molecule has 0 saturated heterocycles. The lowest BCUT2D eigenvalue weighted by Crippen LogP contribution is -2.47. The molecule has 154 valence electrons. The van der Waals surface area contributed by atoms with E-state index in [2.05, 4.69) is 15.5 Å². The van der Waals surface area contributed by atoms with Crippen molar-refractivity contribution in [2.45, 2.75) is 37.1 Å². The van der Waals surface area contributed by atoms with E-state index in [1.807, 2.05) is 6.92 Å². The Labute approximate surface area is 176 Å². The Balaban J connectivity index is 2.28. The van der Waals surface area contributed by atoms with Crippen LogP contribution in [-0.4, -0.2) is 42.6 Å². The molecule has 0 spiro atoms. The smallest absolute Gasteiger partial charge is 0.250 e. The molecule has 1 amide bonds. The monoisotopic (exact) mass is 466 g/mol. The summed E-state index contributed by atoms with van der Waals surface area (Å²) in [7, 11) is -3.85. The van der Waals surface area contributed by atoms with Crippen LogP contribution < -0.4 is 9.62 Å². The number of carbonyl (C=O) groups is 1. The largest absolute Gasteiger partial charge is 0.299 e. The number of aromatic nitrogens is 2. The van der Waals surface area contributed by atoms with Gasteiger partial charge in [0.15, 0.2) is 4.34 Å². The first-order valence-electron chi connectivity index (χ1n) is 8.39. The number of nitrogens with one attached hydrogen (secondary N) is 1. The molecule has 1 atom stereocenters. The molecule has 0 radical (unpaired) electrons. The van der Waals surface area contributed by atoms with Crippen LogP contribution in [-0.2, 0) is 14.8 Å². The SMILES string of the molecule is CCCSc1nnc(NC(=O)[C@H](CC)N(c2ccc(F)c(Cl)c2)S(C)(=O)=O)s1. The van der Waals surface area contributed by atoms with Gasteiger partial charge in [0.05, 0.1) is 17.0 Å². The summed E-state index contributed by atoms with van der Waals surface area (Å²) in [5.41, 5.74) is 0.104. The quantitative estimate of drug-likeness (QED) is 0.443. The van der Waals surface area contributed by atoms with Crippen LogP contribution >= 0.6 is 34.7 Å². The molecule has 1 aromatic carbocycles. The molecule has 0 fully saturated rings. The fourth-order valence-electron chi connectivity index (χ4n) is 2.38. The molecule has 1 N–H and O–H groups in total. The second-order valence-electron chi connectivity index (χ2n) is 5.79. The molecule has 1 heterocycles. The van der Waals surface area contributed by atoms with Gasteiger partial charge in [-0.1, -0.05) is 48.5 Å². The van der Waals surface area contributed by atoms with Crippen molar-refractivity contribution in [2.75, 3.05) is 21.6 Å². The summed E-state index contributed by atoms with van der Waals surface area (Å²) >= 11 is 8.54. The zero-order chi connectivity index (χ0) is 20.9. The second-order valence-corrected chi connectivity index (χ2v) is 10.4. The van der Waals surface area contributed by atoms with Crippen LogP contribution in [0.5, 0.6) is 0 Å². The molecular weight excluding hydrogens is 447 g/mol. The minimum atomic E-state index is -3.85. The van der Waals surface area contributed by atoms with Gasteiger partial charge < -0.3 is 0 Å². The molecule has 28 heavy (non-hydrogen) atoms. The lowest BCUT2D eigenvalue weighted by Gasteiger charge is -2.29. The van der Waals surface area contributed by atoms with Gasteiger partial charge in [0.1, 0.15) is 11.9 Å². The van der Waals surface area contributed by atoms with Gasteiger partial charge in [-0.2, -0.15) is 0 Å². The summed E-state index contributed by atoms with van der Waals surface area (Å²) < 4.78 is 39.9. The topological polar surface area (TPSA) is 92.3 Å². The molecule has 2 rings (SSSR count). The molecular formula is C16H20ClFN4O3S3. The van der Waals surface area contributed by atoms with Crippen LogP contribution in [0.4, 0.5) is 15.2 Å². The first-order valence-corrected chi connectivity index (χ1v) is 12.4. The fraction of sp³-hybridized carbons (Fsp3) is 0.438. The number of hydrogen-bond acceptors (Lipinski definition) is 7. The molecule has 0 aliphatic rings. The highest BCUT2D eigenvalue weighted by Crippen LogP contribution is 2.29. The van der Waals surface area contributed by atoms with Crippen molar-refractivity contribution in [3.8, 4) is 0 Å². The summed E-state index contributed by atoms with van der Waals surface area (Å²) in [5.74, 6) is -0.355. The molecule has 0 unspecified atom stereocenters. The Bertz CT molecular complexity index is 939. The van der Waals surface area contributed by atoms with Crippen LogP contribution in [0.1, 0.15) is 26.7 Å². The van der Waals surface area contributed by atoms with E-state index in [0.717, 1.165) is 33.1 Å². The van der Waals surface area contributed by atoms with E-state index in [0.29, 0.717) is 0 Å². The number of amides is 1. The first-order chi connectivity index (χ1) is 13.2. The van der Waals surface area contributed by atoms with Crippen molar-refractivity contribution < 1.29 is 17.6 Å².